The van der Waals surface area contributed by atoms with Gasteiger partial charge in [0.15, 0.2) is 0 Å². The highest BCUT2D eigenvalue weighted by Gasteiger charge is 2.23. The summed E-state index contributed by atoms with van der Waals surface area (Å²) in [4.78, 5) is 37.0. The molecule has 1 atom stereocenters. The summed E-state index contributed by atoms with van der Waals surface area (Å²) in [6.07, 6.45) is 0.0799. The van der Waals surface area contributed by atoms with Gasteiger partial charge in [-0.05, 0) is 54.8 Å². The van der Waals surface area contributed by atoms with Crippen molar-refractivity contribution in [2.24, 2.45) is 0 Å². The first-order valence-corrected chi connectivity index (χ1v) is 10.9. The van der Waals surface area contributed by atoms with Crippen LogP contribution in [0.3, 0.4) is 0 Å². The van der Waals surface area contributed by atoms with Gasteiger partial charge in [0.05, 0.1) is 15.6 Å². The predicted octanol–water partition coefficient (Wildman–Crippen LogP) is 5.29. The molecule has 0 spiro atoms. The molecule has 0 aliphatic rings. The summed E-state index contributed by atoms with van der Waals surface area (Å²) in [5.41, 5.74) is 3.36. The zero-order chi connectivity index (χ0) is 24.1. The number of halogens is 2. The minimum atomic E-state index is -1.14. The summed E-state index contributed by atoms with van der Waals surface area (Å²) < 4.78 is 0. The Morgan fingerprint density at radius 2 is 1.36 bits per heavy atom. The van der Waals surface area contributed by atoms with Crippen LogP contribution in [0.5, 0.6) is 0 Å². The number of anilines is 1. The van der Waals surface area contributed by atoms with Crippen LogP contribution in [0.15, 0.2) is 60.7 Å². The first kappa shape index (κ1) is 24.3. The number of nitrogens with one attached hydrogen (secondary N) is 2. The Morgan fingerprint density at radius 3 is 1.91 bits per heavy atom. The maximum Gasteiger partial charge on any atom is 0.326 e. The Balaban J connectivity index is 1.70. The number of carbonyl (C=O) groups excluding carboxylic acids is 2. The highest BCUT2D eigenvalue weighted by molar-refractivity contribution is 6.40. The van der Waals surface area contributed by atoms with Crippen LogP contribution in [0.2, 0.25) is 10.0 Å². The summed E-state index contributed by atoms with van der Waals surface area (Å²) >= 11 is 12.1. The van der Waals surface area contributed by atoms with E-state index in [0.29, 0.717) is 16.8 Å². The van der Waals surface area contributed by atoms with Gasteiger partial charge in [-0.3, -0.25) is 9.59 Å². The number of amides is 2. The van der Waals surface area contributed by atoms with E-state index in [0.717, 1.165) is 11.1 Å². The molecule has 170 valence electrons. The number of carboxylic acids is 1. The Bertz CT molecular complexity index is 1170. The van der Waals surface area contributed by atoms with Gasteiger partial charge in [-0.2, -0.15) is 0 Å². The molecule has 2 amide bonds. The van der Waals surface area contributed by atoms with Gasteiger partial charge in [0.25, 0.3) is 11.8 Å². The van der Waals surface area contributed by atoms with Crippen LogP contribution in [-0.2, 0) is 11.2 Å². The van der Waals surface area contributed by atoms with Crippen LogP contribution in [0.1, 0.15) is 37.4 Å². The molecule has 0 saturated carbocycles. The van der Waals surface area contributed by atoms with Crippen molar-refractivity contribution in [3.05, 3.63) is 98.5 Å². The molecule has 3 aromatic carbocycles. The van der Waals surface area contributed by atoms with Gasteiger partial charge in [0.2, 0.25) is 0 Å². The monoisotopic (exact) mass is 484 g/mol. The van der Waals surface area contributed by atoms with Gasteiger partial charge in [-0.1, -0.05) is 59.6 Å². The number of carboxylic acid groups (broad SMARTS) is 1. The lowest BCUT2D eigenvalue weighted by Gasteiger charge is -2.17. The van der Waals surface area contributed by atoms with E-state index in [1.807, 2.05) is 6.07 Å². The summed E-state index contributed by atoms with van der Waals surface area (Å²) in [5.74, 6) is -2.03. The Labute approximate surface area is 201 Å². The van der Waals surface area contributed by atoms with Crippen LogP contribution in [-0.4, -0.2) is 28.9 Å². The number of benzene rings is 3. The predicted molar refractivity (Wildman–Crippen MR) is 129 cm³/mol. The van der Waals surface area contributed by atoms with Crippen LogP contribution in [0.4, 0.5) is 5.69 Å². The molecule has 0 bridgehead atoms. The number of carbonyl (C=O) groups is 3. The van der Waals surface area contributed by atoms with Crippen LogP contribution in [0.25, 0.3) is 0 Å². The van der Waals surface area contributed by atoms with Gasteiger partial charge in [0.1, 0.15) is 6.04 Å². The molecule has 3 rings (SSSR count). The molecule has 0 aliphatic heterocycles. The van der Waals surface area contributed by atoms with E-state index in [-0.39, 0.29) is 22.0 Å². The maximum absolute atomic E-state index is 12.7. The van der Waals surface area contributed by atoms with Crippen molar-refractivity contribution < 1.29 is 19.5 Å². The molecule has 1 unspecified atom stereocenters. The number of hydrogen-bond acceptors (Lipinski definition) is 3. The normalized spacial score (nSPS) is 11.5. The van der Waals surface area contributed by atoms with Gasteiger partial charge in [0, 0.05) is 17.7 Å². The van der Waals surface area contributed by atoms with Crippen LogP contribution >= 0.6 is 23.2 Å². The fourth-order valence-corrected chi connectivity index (χ4v) is 4.04. The molecular weight excluding hydrogens is 463 g/mol. The van der Waals surface area contributed by atoms with E-state index < -0.39 is 23.8 Å². The average Bonchev–Trinajstić information content (AvgIpc) is 2.74. The van der Waals surface area contributed by atoms with Crippen LogP contribution < -0.4 is 10.6 Å². The average molecular weight is 485 g/mol. The van der Waals surface area contributed by atoms with Crippen molar-refractivity contribution in [2.45, 2.75) is 26.3 Å². The van der Waals surface area contributed by atoms with Crippen molar-refractivity contribution in [3.8, 4) is 0 Å². The molecule has 3 aromatic rings. The zero-order valence-corrected chi connectivity index (χ0v) is 19.5. The first-order valence-electron chi connectivity index (χ1n) is 10.1. The fraction of sp³-hybridized carbons (Fsp3) is 0.160. The molecular formula is C25H22Cl2N2O4. The summed E-state index contributed by atoms with van der Waals surface area (Å²) in [7, 11) is 0. The van der Waals surface area contributed by atoms with E-state index in [1.165, 1.54) is 0 Å². The molecule has 8 heteroatoms. The first-order chi connectivity index (χ1) is 15.7. The van der Waals surface area contributed by atoms with Crippen molar-refractivity contribution in [2.75, 3.05) is 5.32 Å². The highest BCUT2D eigenvalue weighted by atomic mass is 35.5. The third kappa shape index (κ3) is 5.92. The van der Waals surface area contributed by atoms with Crippen molar-refractivity contribution >= 4 is 46.7 Å². The molecule has 0 radical (unpaired) electrons. The molecule has 0 saturated heterocycles. The lowest BCUT2D eigenvalue weighted by atomic mass is 10.0. The Hall–Kier alpha value is -3.35. The van der Waals surface area contributed by atoms with E-state index in [4.69, 9.17) is 23.2 Å². The van der Waals surface area contributed by atoms with E-state index in [1.54, 1.807) is 68.4 Å². The third-order valence-electron chi connectivity index (χ3n) is 5.15. The third-order valence-corrected chi connectivity index (χ3v) is 5.78. The second-order valence-electron chi connectivity index (χ2n) is 7.58. The summed E-state index contributed by atoms with van der Waals surface area (Å²) in [6.45, 7) is 3.61. The Morgan fingerprint density at radius 1 is 0.818 bits per heavy atom. The standard InChI is InChI=1S/C25H22Cl2N2O4/c1-14-5-3-6-15(2)21(14)23(30)29-20(25(32)33)13-16-9-11-17(12-10-16)28-24(31)22-18(26)7-4-8-19(22)27/h3-12,20H,13H2,1-2H3,(H,28,31)(H,29,30)(H,32,33). The lowest BCUT2D eigenvalue weighted by molar-refractivity contribution is -0.139. The largest absolute Gasteiger partial charge is 0.480 e. The summed E-state index contributed by atoms with van der Waals surface area (Å²) in [5, 5.41) is 15.4. The Kier molecular flexibility index (Phi) is 7.74. The molecule has 33 heavy (non-hydrogen) atoms. The molecule has 0 aromatic heterocycles. The fourth-order valence-electron chi connectivity index (χ4n) is 3.47. The van der Waals surface area contributed by atoms with Gasteiger partial charge in [-0.15, -0.1) is 0 Å². The molecule has 3 N–H and O–H groups in total. The van der Waals surface area contributed by atoms with E-state index >= 15 is 0 Å². The van der Waals surface area contributed by atoms with Gasteiger partial charge < -0.3 is 15.7 Å². The number of hydrogen-bond donors (Lipinski definition) is 3. The molecule has 6 nitrogen and oxygen atoms in total. The smallest absolute Gasteiger partial charge is 0.326 e. The van der Waals surface area contributed by atoms with Crippen LogP contribution in [0, 0.1) is 13.8 Å². The molecule has 0 heterocycles. The molecule has 0 fully saturated rings. The number of rotatable bonds is 7. The minimum absolute atomic E-state index is 0.0799. The molecule has 0 aliphatic carbocycles. The minimum Gasteiger partial charge on any atom is -0.480 e. The number of aliphatic carboxylic acids is 1. The second kappa shape index (κ2) is 10.5. The zero-order valence-electron chi connectivity index (χ0n) is 18.0. The lowest BCUT2D eigenvalue weighted by Crippen LogP contribution is -2.42. The maximum atomic E-state index is 12.7. The summed E-state index contributed by atoms with van der Waals surface area (Å²) in [6, 6.07) is 15.8. The number of aryl methyl sites for hydroxylation is 2. The van der Waals surface area contributed by atoms with E-state index in [2.05, 4.69) is 10.6 Å². The van der Waals surface area contributed by atoms with Crippen molar-refractivity contribution in [3.63, 3.8) is 0 Å². The topological polar surface area (TPSA) is 95.5 Å². The van der Waals surface area contributed by atoms with Gasteiger partial charge >= 0.3 is 5.97 Å². The van der Waals surface area contributed by atoms with Gasteiger partial charge in [-0.25, -0.2) is 4.79 Å². The second-order valence-corrected chi connectivity index (χ2v) is 8.40. The highest BCUT2D eigenvalue weighted by Crippen LogP contribution is 2.25. The van der Waals surface area contributed by atoms with Crippen molar-refractivity contribution in [1.29, 1.82) is 0 Å². The van der Waals surface area contributed by atoms with E-state index in [9.17, 15) is 19.5 Å². The quantitative estimate of drug-likeness (QED) is 0.424. The van der Waals surface area contributed by atoms with Crippen molar-refractivity contribution in [1.82, 2.24) is 5.32 Å². The SMILES string of the molecule is Cc1cccc(C)c1C(=O)NC(Cc1ccc(NC(=O)c2c(Cl)cccc2Cl)cc1)C(=O)O.